The van der Waals surface area contributed by atoms with Crippen LogP contribution in [0.5, 0.6) is 11.5 Å². The number of carbonyl (C=O) groups excluding carboxylic acids is 6. The monoisotopic (exact) mass is 658 g/mol. The molecule has 248 valence electrons. The number of anilines is 2. The van der Waals surface area contributed by atoms with Crippen molar-refractivity contribution in [2.24, 2.45) is 11.8 Å². The van der Waals surface area contributed by atoms with Gasteiger partial charge in [-0.3, -0.25) is 28.8 Å². The zero-order valence-electron chi connectivity index (χ0n) is 27.4. The number of amides is 6. The minimum atomic E-state index is -0.526. The summed E-state index contributed by atoms with van der Waals surface area (Å²) < 4.78 is 5.94. The Balaban J connectivity index is 1.11. The summed E-state index contributed by atoms with van der Waals surface area (Å²) >= 11 is 0. The third-order valence-electron chi connectivity index (χ3n) is 8.06. The SMILES string of the molecule is CC(C)CNC(=O)c1ccc2c(c1)C(=O)N(c1ccc(Oc3ccc(N4C(=O)c5ccc(C(=O)NCC(C)C)cc5C4=O)cc3)cc1)C2=O. The number of hydrogen-bond acceptors (Lipinski definition) is 7. The Bertz CT molecular complexity index is 1870. The molecule has 0 aliphatic carbocycles. The molecular formula is C38H34N4O7. The van der Waals surface area contributed by atoms with Gasteiger partial charge in [-0.05, 0) is 96.8 Å². The van der Waals surface area contributed by atoms with Gasteiger partial charge in [-0.1, -0.05) is 27.7 Å². The molecule has 11 heteroatoms. The fraction of sp³-hybridized carbons (Fsp3) is 0.211. The molecule has 0 aromatic heterocycles. The fourth-order valence-electron chi connectivity index (χ4n) is 5.49. The smallest absolute Gasteiger partial charge is 0.266 e. The van der Waals surface area contributed by atoms with Crippen molar-refractivity contribution < 1.29 is 33.5 Å². The fourth-order valence-corrected chi connectivity index (χ4v) is 5.49. The molecule has 2 heterocycles. The maximum Gasteiger partial charge on any atom is 0.266 e. The van der Waals surface area contributed by atoms with E-state index in [-0.39, 0.29) is 45.9 Å². The van der Waals surface area contributed by atoms with Crippen LogP contribution < -0.4 is 25.2 Å². The van der Waals surface area contributed by atoms with Crippen LogP contribution in [0.4, 0.5) is 11.4 Å². The molecule has 0 atom stereocenters. The van der Waals surface area contributed by atoms with E-state index < -0.39 is 23.6 Å². The van der Waals surface area contributed by atoms with Crippen LogP contribution in [0.2, 0.25) is 0 Å². The lowest BCUT2D eigenvalue weighted by atomic mass is 10.1. The number of rotatable bonds is 10. The Morgan fingerprint density at radius 3 is 1.22 bits per heavy atom. The molecule has 0 radical (unpaired) electrons. The van der Waals surface area contributed by atoms with Crippen molar-refractivity contribution in [1.82, 2.24) is 10.6 Å². The van der Waals surface area contributed by atoms with Crippen LogP contribution >= 0.6 is 0 Å². The molecule has 0 saturated carbocycles. The van der Waals surface area contributed by atoms with Crippen LogP contribution in [0.25, 0.3) is 0 Å². The summed E-state index contributed by atoms with van der Waals surface area (Å²) in [4.78, 5) is 79.9. The highest BCUT2D eigenvalue weighted by molar-refractivity contribution is 6.35. The van der Waals surface area contributed by atoms with E-state index in [0.717, 1.165) is 9.80 Å². The molecule has 49 heavy (non-hydrogen) atoms. The Hall–Kier alpha value is -6.10. The number of hydrogen-bond donors (Lipinski definition) is 2. The number of nitrogens with one attached hydrogen (secondary N) is 2. The quantitative estimate of drug-likeness (QED) is 0.204. The highest BCUT2D eigenvalue weighted by Crippen LogP contribution is 2.33. The lowest BCUT2D eigenvalue weighted by Crippen LogP contribution is -2.29. The zero-order chi connectivity index (χ0) is 35.0. The van der Waals surface area contributed by atoms with E-state index in [2.05, 4.69) is 10.6 Å². The third-order valence-corrected chi connectivity index (χ3v) is 8.06. The molecule has 0 saturated heterocycles. The molecule has 6 rings (SSSR count). The first-order chi connectivity index (χ1) is 23.4. The molecule has 0 fully saturated rings. The number of fused-ring (bicyclic) bond motifs is 2. The van der Waals surface area contributed by atoms with Crippen LogP contribution in [0, 0.1) is 11.8 Å². The van der Waals surface area contributed by atoms with Gasteiger partial charge in [0, 0.05) is 24.2 Å². The van der Waals surface area contributed by atoms with E-state index in [1.54, 1.807) is 48.5 Å². The van der Waals surface area contributed by atoms with Crippen molar-refractivity contribution in [1.29, 1.82) is 0 Å². The molecule has 4 aromatic carbocycles. The second kappa shape index (κ2) is 13.2. The van der Waals surface area contributed by atoms with Gasteiger partial charge in [0.1, 0.15) is 11.5 Å². The molecule has 0 bridgehead atoms. The molecule has 2 N–H and O–H groups in total. The van der Waals surface area contributed by atoms with Gasteiger partial charge in [0.25, 0.3) is 35.4 Å². The van der Waals surface area contributed by atoms with E-state index in [4.69, 9.17) is 4.74 Å². The summed E-state index contributed by atoms with van der Waals surface area (Å²) in [7, 11) is 0. The lowest BCUT2D eigenvalue weighted by molar-refractivity contribution is 0.0910. The van der Waals surface area contributed by atoms with Gasteiger partial charge >= 0.3 is 0 Å². The maximum absolute atomic E-state index is 13.3. The molecule has 2 aliphatic rings. The first-order valence-corrected chi connectivity index (χ1v) is 15.9. The van der Waals surface area contributed by atoms with Crippen molar-refractivity contribution in [2.45, 2.75) is 27.7 Å². The molecule has 0 unspecified atom stereocenters. The van der Waals surface area contributed by atoms with Crippen molar-refractivity contribution in [2.75, 3.05) is 22.9 Å². The number of benzene rings is 4. The number of carbonyl (C=O) groups is 6. The summed E-state index contributed by atoms with van der Waals surface area (Å²) in [5.74, 6) is -1.30. The van der Waals surface area contributed by atoms with Crippen molar-refractivity contribution >= 4 is 46.8 Å². The standard InChI is InChI=1S/C38H34N4O7/c1-21(2)19-39-33(43)23-5-15-29-31(17-23)37(47)41(35(29)45)25-7-11-27(12-8-25)49-28-13-9-26(10-14-28)42-36(46)30-16-6-24(18-32(30)38(42)48)34(44)40-20-22(3)4/h5-18,21-22H,19-20H2,1-4H3,(H,39,43)(H,40,44). The molecule has 0 spiro atoms. The molecule has 4 aromatic rings. The van der Waals surface area contributed by atoms with Crippen molar-refractivity contribution in [3.05, 3.63) is 118 Å². The van der Waals surface area contributed by atoms with Crippen LogP contribution in [0.15, 0.2) is 84.9 Å². The Labute approximate surface area is 282 Å². The number of imide groups is 2. The van der Waals surface area contributed by atoms with E-state index >= 15 is 0 Å². The summed E-state index contributed by atoms with van der Waals surface area (Å²) in [5.41, 5.74) is 2.04. The molecule has 2 aliphatic heterocycles. The Kier molecular flexibility index (Phi) is 8.84. The summed E-state index contributed by atoms with van der Waals surface area (Å²) in [6.07, 6.45) is 0. The first-order valence-electron chi connectivity index (χ1n) is 15.9. The van der Waals surface area contributed by atoms with E-state index in [1.807, 2.05) is 27.7 Å². The normalized spacial score (nSPS) is 13.7. The minimum absolute atomic E-state index is 0.160. The Morgan fingerprint density at radius 1 is 0.531 bits per heavy atom. The highest BCUT2D eigenvalue weighted by atomic mass is 16.5. The lowest BCUT2D eigenvalue weighted by Gasteiger charge is -2.16. The van der Waals surface area contributed by atoms with Crippen LogP contribution in [-0.2, 0) is 0 Å². The number of ether oxygens (including phenoxy) is 1. The van der Waals surface area contributed by atoms with Crippen LogP contribution in [0.3, 0.4) is 0 Å². The van der Waals surface area contributed by atoms with Gasteiger partial charge in [-0.15, -0.1) is 0 Å². The van der Waals surface area contributed by atoms with Gasteiger partial charge in [0.05, 0.1) is 33.6 Å². The first kappa shape index (κ1) is 32.8. The van der Waals surface area contributed by atoms with Crippen molar-refractivity contribution in [3.8, 4) is 11.5 Å². The average molecular weight is 659 g/mol. The van der Waals surface area contributed by atoms with Gasteiger partial charge in [0.2, 0.25) is 0 Å². The molecule has 11 nitrogen and oxygen atoms in total. The van der Waals surface area contributed by atoms with Gasteiger partial charge in [-0.25, -0.2) is 9.80 Å². The molecular weight excluding hydrogens is 624 g/mol. The van der Waals surface area contributed by atoms with E-state index in [0.29, 0.717) is 47.1 Å². The number of nitrogens with zero attached hydrogens (tertiary/aromatic N) is 2. The second-order valence-electron chi connectivity index (χ2n) is 12.7. The largest absolute Gasteiger partial charge is 0.457 e. The topological polar surface area (TPSA) is 142 Å². The minimum Gasteiger partial charge on any atom is -0.457 e. The molecule has 6 amide bonds. The van der Waals surface area contributed by atoms with Gasteiger partial charge < -0.3 is 15.4 Å². The van der Waals surface area contributed by atoms with Gasteiger partial charge in [0.15, 0.2) is 0 Å². The second-order valence-corrected chi connectivity index (χ2v) is 12.7. The van der Waals surface area contributed by atoms with E-state index in [9.17, 15) is 28.8 Å². The predicted octanol–water partition coefficient (Wildman–Crippen LogP) is 5.85. The summed E-state index contributed by atoms with van der Waals surface area (Å²) in [6.45, 7) is 8.88. The average Bonchev–Trinajstić information content (AvgIpc) is 3.49. The van der Waals surface area contributed by atoms with Crippen LogP contribution in [-0.4, -0.2) is 48.5 Å². The maximum atomic E-state index is 13.3. The van der Waals surface area contributed by atoms with Crippen molar-refractivity contribution in [3.63, 3.8) is 0 Å². The summed E-state index contributed by atoms with van der Waals surface area (Å²) in [6, 6.07) is 21.7. The predicted molar refractivity (Wildman–Crippen MR) is 182 cm³/mol. The Morgan fingerprint density at radius 2 is 0.878 bits per heavy atom. The van der Waals surface area contributed by atoms with Crippen LogP contribution in [0.1, 0.15) is 89.8 Å². The third kappa shape index (κ3) is 6.42. The van der Waals surface area contributed by atoms with E-state index in [1.165, 1.54) is 36.4 Å². The summed E-state index contributed by atoms with van der Waals surface area (Å²) in [5, 5.41) is 5.63. The zero-order valence-corrected chi connectivity index (χ0v) is 27.4. The van der Waals surface area contributed by atoms with Gasteiger partial charge in [-0.2, -0.15) is 0 Å². The highest BCUT2D eigenvalue weighted by Gasteiger charge is 2.38.